The maximum atomic E-state index is 13.6. The molecule has 3 rings (SSSR count). The van der Waals surface area contributed by atoms with E-state index in [4.69, 9.17) is 40.0 Å². The van der Waals surface area contributed by atoms with Crippen LogP contribution < -0.4 is 9.47 Å². The van der Waals surface area contributed by atoms with Gasteiger partial charge in [-0.15, -0.1) is 0 Å². The van der Waals surface area contributed by atoms with Crippen LogP contribution in [-0.2, 0) is 30.2 Å². The number of esters is 1. The molecule has 0 spiro atoms. The van der Waals surface area contributed by atoms with Crippen LogP contribution in [0.25, 0.3) is 0 Å². The van der Waals surface area contributed by atoms with E-state index in [0.29, 0.717) is 25.2 Å². The largest absolute Gasteiger partial charge is 0.466 e. The third-order valence-corrected chi connectivity index (χ3v) is 10.7. The van der Waals surface area contributed by atoms with E-state index in [2.05, 4.69) is 39.3 Å². The number of carbonyl (C=O) groups is 2. The summed E-state index contributed by atoms with van der Waals surface area (Å²) >= 11 is 6.81. The molecule has 0 radical (unpaired) electrons. The minimum absolute atomic E-state index is 0.0208. The van der Waals surface area contributed by atoms with Crippen molar-refractivity contribution in [2.75, 3.05) is 26.8 Å². The first kappa shape index (κ1) is 33.8. The highest BCUT2D eigenvalue weighted by Crippen LogP contribution is 2.39. The topological polar surface area (TPSA) is 92.8 Å². The number of halogens is 1. The van der Waals surface area contributed by atoms with Crippen LogP contribution in [0.1, 0.15) is 42.1 Å². The molecule has 1 saturated heterocycles. The number of cyclic esters (lactones) is 1. The lowest BCUT2D eigenvalue weighted by Crippen LogP contribution is -2.23. The Morgan fingerprint density at radius 1 is 0.927 bits per heavy atom. The van der Waals surface area contributed by atoms with E-state index in [-0.39, 0.29) is 60.1 Å². The van der Waals surface area contributed by atoms with Crippen molar-refractivity contribution in [1.29, 1.82) is 0 Å². The van der Waals surface area contributed by atoms with Gasteiger partial charge in [0.2, 0.25) is 0 Å². The van der Waals surface area contributed by atoms with Crippen molar-refractivity contribution in [3.05, 3.63) is 34.4 Å². The summed E-state index contributed by atoms with van der Waals surface area (Å²) in [6.45, 7) is 16.5. The smallest absolute Gasteiger partial charge is 0.342 e. The fourth-order valence-electron chi connectivity index (χ4n) is 4.32. The molecule has 0 N–H and O–H groups in total. The number of hydrogen-bond donors (Lipinski definition) is 0. The molecule has 0 unspecified atom stereocenters. The summed E-state index contributed by atoms with van der Waals surface area (Å²) in [5.74, 6) is -0.352. The van der Waals surface area contributed by atoms with E-state index in [0.717, 1.165) is 24.9 Å². The van der Waals surface area contributed by atoms with Gasteiger partial charge in [0.25, 0.3) is 0 Å². The zero-order chi connectivity index (χ0) is 30.2. The summed E-state index contributed by atoms with van der Waals surface area (Å²) in [4.78, 5) is 26.6. The van der Waals surface area contributed by atoms with Crippen LogP contribution in [0.5, 0.6) is 11.5 Å². The zero-order valence-corrected chi connectivity index (χ0v) is 28.4. The van der Waals surface area contributed by atoms with E-state index in [1.54, 1.807) is 6.07 Å². The Kier molecular flexibility index (Phi) is 12.5. The summed E-state index contributed by atoms with van der Waals surface area (Å²) in [5.41, 5.74) is 0.405. The lowest BCUT2D eigenvalue weighted by molar-refractivity contribution is -0.114. The quantitative estimate of drug-likeness (QED) is 0.0814. The SMILES string of the molecule is C[C@@H]1C[C@@H]2O[C@@H]2CCC=CC(=O)Cc2c(Cl)c(OCOCC[Si](C)(C)C)cc(OCOCC[Si](C)(C)C)c2C(=O)O1. The standard InChI is InChI=1S/C30H47ClO8Si2/c1-21-16-25-24(39-25)11-9-8-10-22(32)17-23-28(30(33)38-21)26(36-19-34-12-14-40(2,3)4)18-27(29(23)31)37-20-35-13-15-41(5,6)7/h8,10,18,21,24-25H,9,11-17,19-20H2,1-7H3/t21-,24-,25+/m1/s1. The highest BCUT2D eigenvalue weighted by Gasteiger charge is 2.40. The molecule has 230 valence electrons. The van der Waals surface area contributed by atoms with Gasteiger partial charge in [0.05, 0.1) is 17.2 Å². The third kappa shape index (κ3) is 11.8. The van der Waals surface area contributed by atoms with Crippen molar-refractivity contribution < 1.29 is 38.0 Å². The predicted octanol–water partition coefficient (Wildman–Crippen LogP) is 6.89. The molecule has 0 aliphatic carbocycles. The molecule has 1 fully saturated rings. The number of carbonyl (C=O) groups excluding carboxylic acids is 2. The number of ether oxygens (including phenoxy) is 6. The molecule has 1 aromatic carbocycles. The number of allylic oxidation sites excluding steroid dienone is 2. The molecule has 3 atom stereocenters. The highest BCUT2D eigenvalue weighted by molar-refractivity contribution is 6.76. The Hall–Kier alpha value is -1.70. The fraction of sp³-hybridized carbons (Fsp3) is 0.667. The molecule has 41 heavy (non-hydrogen) atoms. The summed E-state index contributed by atoms with van der Waals surface area (Å²) in [6.07, 6.45) is 5.17. The van der Waals surface area contributed by atoms with E-state index < -0.39 is 28.2 Å². The number of rotatable bonds is 12. The average molecular weight is 627 g/mol. The predicted molar refractivity (Wildman–Crippen MR) is 166 cm³/mol. The minimum atomic E-state index is -1.29. The van der Waals surface area contributed by atoms with Gasteiger partial charge >= 0.3 is 5.97 Å². The van der Waals surface area contributed by atoms with Crippen molar-refractivity contribution in [1.82, 2.24) is 0 Å². The van der Waals surface area contributed by atoms with Gasteiger partial charge in [0.15, 0.2) is 19.4 Å². The molecule has 0 aromatic heterocycles. The van der Waals surface area contributed by atoms with Gasteiger partial charge in [-0.2, -0.15) is 0 Å². The molecule has 2 aliphatic heterocycles. The Morgan fingerprint density at radius 3 is 2.15 bits per heavy atom. The molecule has 2 aliphatic rings. The fourth-order valence-corrected chi connectivity index (χ4v) is 6.10. The highest BCUT2D eigenvalue weighted by atomic mass is 35.5. The first-order valence-electron chi connectivity index (χ1n) is 14.6. The van der Waals surface area contributed by atoms with Crippen LogP contribution in [0.3, 0.4) is 0 Å². The number of hydrogen-bond acceptors (Lipinski definition) is 8. The van der Waals surface area contributed by atoms with Gasteiger partial charge in [-0.3, -0.25) is 4.79 Å². The van der Waals surface area contributed by atoms with Gasteiger partial charge in [-0.1, -0.05) is 57.0 Å². The maximum Gasteiger partial charge on any atom is 0.342 e. The number of ketones is 1. The van der Waals surface area contributed by atoms with Crippen LogP contribution in [0.4, 0.5) is 0 Å². The Balaban J connectivity index is 1.89. The summed E-state index contributed by atoms with van der Waals surface area (Å²) in [6, 6.07) is 3.53. The second-order valence-electron chi connectivity index (χ2n) is 13.3. The third-order valence-electron chi connectivity index (χ3n) is 6.92. The van der Waals surface area contributed by atoms with E-state index in [1.165, 1.54) is 6.08 Å². The lowest BCUT2D eigenvalue weighted by atomic mass is 9.99. The first-order valence-corrected chi connectivity index (χ1v) is 22.3. The summed E-state index contributed by atoms with van der Waals surface area (Å²) in [5, 5.41) is 0.157. The molecule has 8 nitrogen and oxygen atoms in total. The van der Waals surface area contributed by atoms with E-state index in [9.17, 15) is 9.59 Å². The van der Waals surface area contributed by atoms with Crippen molar-refractivity contribution in [2.24, 2.45) is 0 Å². The molecule has 0 bridgehead atoms. The van der Waals surface area contributed by atoms with Gasteiger partial charge in [0.1, 0.15) is 23.2 Å². The van der Waals surface area contributed by atoms with Gasteiger partial charge < -0.3 is 28.4 Å². The molecule has 1 aromatic rings. The monoisotopic (exact) mass is 626 g/mol. The second-order valence-corrected chi connectivity index (χ2v) is 24.9. The molecule has 2 heterocycles. The Morgan fingerprint density at radius 2 is 1.54 bits per heavy atom. The number of fused-ring (bicyclic) bond motifs is 2. The Bertz CT molecular complexity index is 1080. The average Bonchev–Trinajstić information content (AvgIpc) is 3.58. The normalized spacial score (nSPS) is 21.9. The Labute approximate surface area is 252 Å². The van der Waals surface area contributed by atoms with Crippen molar-refractivity contribution in [3.8, 4) is 11.5 Å². The summed E-state index contributed by atoms with van der Waals surface area (Å²) < 4.78 is 34.9. The zero-order valence-electron chi connectivity index (χ0n) is 25.7. The van der Waals surface area contributed by atoms with Gasteiger partial charge in [-0.05, 0) is 37.9 Å². The van der Waals surface area contributed by atoms with Gasteiger partial charge in [-0.25, -0.2) is 4.79 Å². The van der Waals surface area contributed by atoms with Crippen LogP contribution in [0.2, 0.25) is 56.4 Å². The van der Waals surface area contributed by atoms with Crippen LogP contribution in [-0.4, -0.2) is 73.0 Å². The molecule has 0 saturated carbocycles. The van der Waals surface area contributed by atoms with E-state index in [1.807, 2.05) is 13.0 Å². The van der Waals surface area contributed by atoms with Gasteiger partial charge in [0, 0.05) is 53.8 Å². The van der Waals surface area contributed by atoms with Crippen molar-refractivity contribution in [2.45, 2.75) is 102 Å². The number of epoxide rings is 1. The van der Waals surface area contributed by atoms with Crippen LogP contribution >= 0.6 is 11.6 Å². The van der Waals surface area contributed by atoms with Crippen molar-refractivity contribution >= 4 is 39.5 Å². The molecular formula is C30H47ClO8Si2. The first-order chi connectivity index (χ1) is 19.2. The molecular weight excluding hydrogens is 580 g/mol. The maximum absolute atomic E-state index is 13.6. The minimum Gasteiger partial charge on any atom is -0.466 e. The summed E-state index contributed by atoms with van der Waals surface area (Å²) in [7, 11) is -2.54. The van der Waals surface area contributed by atoms with Crippen molar-refractivity contribution in [3.63, 3.8) is 0 Å². The van der Waals surface area contributed by atoms with Crippen LogP contribution in [0.15, 0.2) is 18.2 Å². The second kappa shape index (κ2) is 15.2. The molecule has 11 heteroatoms. The lowest BCUT2D eigenvalue weighted by Gasteiger charge is -2.21. The number of benzene rings is 1. The van der Waals surface area contributed by atoms with E-state index >= 15 is 0 Å². The van der Waals surface area contributed by atoms with Crippen LogP contribution in [0, 0.1) is 0 Å². The molecule has 0 amide bonds.